The van der Waals surface area contributed by atoms with E-state index in [1.54, 1.807) is 0 Å². The first-order chi connectivity index (χ1) is 13.1. The summed E-state index contributed by atoms with van der Waals surface area (Å²) in [7, 11) is 4.08. The number of hydrogen-bond donors (Lipinski definition) is 2. The zero-order chi connectivity index (χ0) is 19.5. The van der Waals surface area contributed by atoms with Gasteiger partial charge < -0.3 is 25.2 Å². The van der Waals surface area contributed by atoms with Crippen molar-refractivity contribution in [2.75, 3.05) is 86.2 Å². The average molecular weight is 511 g/mol. The van der Waals surface area contributed by atoms with Gasteiger partial charge in [0.15, 0.2) is 5.96 Å². The van der Waals surface area contributed by atoms with E-state index >= 15 is 0 Å². The van der Waals surface area contributed by atoms with Crippen LogP contribution in [-0.2, 0) is 4.74 Å². The minimum absolute atomic E-state index is 0. The van der Waals surface area contributed by atoms with Gasteiger partial charge in [-0.25, -0.2) is 0 Å². The summed E-state index contributed by atoms with van der Waals surface area (Å²) in [5, 5.41) is 7.03. The van der Waals surface area contributed by atoms with E-state index in [9.17, 15) is 0 Å². The molecule has 8 heteroatoms. The Morgan fingerprint density at radius 2 is 1.79 bits per heavy atom. The molecule has 2 fully saturated rings. The number of halogens is 1. The third-order valence-electron chi connectivity index (χ3n) is 5.74. The molecule has 0 aromatic rings. The summed E-state index contributed by atoms with van der Waals surface area (Å²) in [6, 6.07) is 0.515. The van der Waals surface area contributed by atoms with E-state index in [0.29, 0.717) is 12.0 Å². The molecule has 7 nitrogen and oxygen atoms in total. The standard InChI is InChI=1S/C20H42N6O.HI/c1-18(2)19(26-13-15-27-16-14-26)17-23-20(21-3)22-7-5-9-25-10-6-8-24(4)11-12-25;/h18-19H,5-17H2,1-4H3,(H2,21,22,23);1H. The van der Waals surface area contributed by atoms with Crippen molar-refractivity contribution >= 4 is 29.9 Å². The Labute approximate surface area is 189 Å². The van der Waals surface area contributed by atoms with Gasteiger partial charge in [0, 0.05) is 52.4 Å². The van der Waals surface area contributed by atoms with Gasteiger partial charge in [0.05, 0.1) is 13.2 Å². The van der Waals surface area contributed by atoms with Crippen LogP contribution in [0.1, 0.15) is 26.7 Å². The lowest BCUT2D eigenvalue weighted by Crippen LogP contribution is -2.52. The fourth-order valence-electron chi connectivity index (χ4n) is 3.95. The molecule has 1 unspecified atom stereocenters. The van der Waals surface area contributed by atoms with E-state index < -0.39 is 0 Å². The molecule has 0 bridgehead atoms. The summed E-state index contributed by atoms with van der Waals surface area (Å²) < 4.78 is 5.50. The maximum atomic E-state index is 5.50. The quantitative estimate of drug-likeness (QED) is 0.221. The van der Waals surface area contributed by atoms with E-state index in [2.05, 4.69) is 51.2 Å². The first kappa shape index (κ1) is 25.9. The van der Waals surface area contributed by atoms with Gasteiger partial charge in [-0.2, -0.15) is 0 Å². The molecule has 0 saturated carbocycles. The van der Waals surface area contributed by atoms with Crippen LogP contribution in [0.2, 0.25) is 0 Å². The lowest BCUT2D eigenvalue weighted by Gasteiger charge is -2.37. The number of likely N-dealkylation sites (N-methyl/N-ethyl adjacent to an activating group) is 1. The first-order valence-electron chi connectivity index (χ1n) is 10.8. The molecule has 2 aliphatic rings. The molecule has 28 heavy (non-hydrogen) atoms. The lowest BCUT2D eigenvalue weighted by atomic mass is 10.0. The van der Waals surface area contributed by atoms with Crippen molar-refractivity contribution < 1.29 is 4.74 Å². The van der Waals surface area contributed by atoms with Gasteiger partial charge in [-0.05, 0) is 45.4 Å². The summed E-state index contributed by atoms with van der Waals surface area (Å²) in [6.07, 6.45) is 2.44. The Morgan fingerprint density at radius 1 is 1.04 bits per heavy atom. The second-order valence-corrected chi connectivity index (χ2v) is 8.19. The summed E-state index contributed by atoms with van der Waals surface area (Å²) >= 11 is 0. The number of aliphatic imine (C=N–C) groups is 1. The van der Waals surface area contributed by atoms with Crippen LogP contribution in [0.4, 0.5) is 0 Å². The highest BCUT2D eigenvalue weighted by atomic mass is 127. The number of nitrogens with one attached hydrogen (secondary N) is 2. The maximum absolute atomic E-state index is 5.50. The highest BCUT2D eigenvalue weighted by Crippen LogP contribution is 2.12. The molecule has 0 aliphatic carbocycles. The Hall–Kier alpha value is -0.160. The summed E-state index contributed by atoms with van der Waals surface area (Å²) in [4.78, 5) is 12.0. The number of guanidine groups is 1. The number of rotatable bonds is 8. The van der Waals surface area contributed by atoms with Crippen LogP contribution < -0.4 is 10.6 Å². The van der Waals surface area contributed by atoms with Gasteiger partial charge in [0.2, 0.25) is 0 Å². The van der Waals surface area contributed by atoms with Crippen LogP contribution in [0.3, 0.4) is 0 Å². The molecule has 2 saturated heterocycles. The molecule has 0 amide bonds. The fraction of sp³-hybridized carbons (Fsp3) is 0.950. The molecule has 2 heterocycles. The van der Waals surface area contributed by atoms with E-state index in [0.717, 1.165) is 51.8 Å². The van der Waals surface area contributed by atoms with E-state index in [1.807, 2.05) is 7.05 Å². The molecule has 166 valence electrons. The van der Waals surface area contributed by atoms with Crippen molar-refractivity contribution in [3.05, 3.63) is 0 Å². The minimum Gasteiger partial charge on any atom is -0.379 e. The maximum Gasteiger partial charge on any atom is 0.191 e. The van der Waals surface area contributed by atoms with E-state index in [1.165, 1.54) is 39.1 Å². The van der Waals surface area contributed by atoms with Crippen molar-refractivity contribution in [1.82, 2.24) is 25.3 Å². The largest absolute Gasteiger partial charge is 0.379 e. The van der Waals surface area contributed by atoms with Gasteiger partial charge in [-0.15, -0.1) is 24.0 Å². The number of morpholine rings is 1. The van der Waals surface area contributed by atoms with Crippen molar-refractivity contribution in [1.29, 1.82) is 0 Å². The Kier molecular flexibility index (Phi) is 13.6. The van der Waals surface area contributed by atoms with Crippen LogP contribution in [0.25, 0.3) is 0 Å². The molecule has 1 atom stereocenters. The zero-order valence-corrected chi connectivity index (χ0v) is 20.8. The third kappa shape index (κ3) is 9.56. The minimum atomic E-state index is 0. The van der Waals surface area contributed by atoms with Crippen LogP contribution in [-0.4, -0.2) is 113 Å². The highest BCUT2D eigenvalue weighted by molar-refractivity contribution is 14.0. The highest BCUT2D eigenvalue weighted by Gasteiger charge is 2.23. The predicted molar refractivity (Wildman–Crippen MR) is 129 cm³/mol. The van der Waals surface area contributed by atoms with E-state index in [-0.39, 0.29) is 24.0 Å². The third-order valence-corrected chi connectivity index (χ3v) is 5.74. The Balaban J connectivity index is 0.00000392. The smallest absolute Gasteiger partial charge is 0.191 e. The van der Waals surface area contributed by atoms with Crippen molar-refractivity contribution in [2.24, 2.45) is 10.9 Å². The molecule has 0 spiro atoms. The van der Waals surface area contributed by atoms with Gasteiger partial charge in [0.1, 0.15) is 0 Å². The van der Waals surface area contributed by atoms with Crippen LogP contribution >= 0.6 is 24.0 Å². The second kappa shape index (κ2) is 14.8. The molecule has 2 rings (SSSR count). The Bertz CT molecular complexity index is 431. The number of ether oxygens (including phenoxy) is 1. The first-order valence-corrected chi connectivity index (χ1v) is 10.8. The average Bonchev–Trinajstić information content (AvgIpc) is 2.88. The van der Waals surface area contributed by atoms with Gasteiger partial charge in [-0.3, -0.25) is 9.89 Å². The van der Waals surface area contributed by atoms with Gasteiger partial charge in [0.25, 0.3) is 0 Å². The van der Waals surface area contributed by atoms with Gasteiger partial charge >= 0.3 is 0 Å². The number of hydrogen-bond acceptors (Lipinski definition) is 5. The molecule has 2 N–H and O–H groups in total. The predicted octanol–water partition coefficient (Wildman–Crippen LogP) is 1.15. The molecular formula is C20H43IN6O. The molecule has 2 aliphatic heterocycles. The van der Waals surface area contributed by atoms with Crippen molar-refractivity contribution in [3.8, 4) is 0 Å². The van der Waals surface area contributed by atoms with Crippen LogP contribution in [0.15, 0.2) is 4.99 Å². The van der Waals surface area contributed by atoms with Crippen molar-refractivity contribution in [2.45, 2.75) is 32.7 Å². The summed E-state index contributed by atoms with van der Waals surface area (Å²) in [6.45, 7) is 16.3. The normalized spacial score (nSPS) is 21.8. The van der Waals surface area contributed by atoms with Gasteiger partial charge in [-0.1, -0.05) is 13.8 Å². The molecule has 0 aromatic heterocycles. The zero-order valence-electron chi connectivity index (χ0n) is 18.5. The second-order valence-electron chi connectivity index (χ2n) is 8.19. The van der Waals surface area contributed by atoms with Crippen LogP contribution in [0.5, 0.6) is 0 Å². The topological polar surface area (TPSA) is 55.4 Å². The van der Waals surface area contributed by atoms with E-state index in [4.69, 9.17) is 4.74 Å². The number of nitrogens with zero attached hydrogens (tertiary/aromatic N) is 4. The lowest BCUT2D eigenvalue weighted by molar-refractivity contribution is 0.00752. The SMILES string of the molecule is CN=C(NCCCN1CCCN(C)CC1)NCC(C(C)C)N1CCOCC1.I. The van der Waals surface area contributed by atoms with Crippen LogP contribution in [0, 0.1) is 5.92 Å². The Morgan fingerprint density at radius 3 is 2.46 bits per heavy atom. The molecule has 0 radical (unpaired) electrons. The van der Waals surface area contributed by atoms with Crippen molar-refractivity contribution in [3.63, 3.8) is 0 Å². The summed E-state index contributed by atoms with van der Waals surface area (Å²) in [5.41, 5.74) is 0. The fourth-order valence-corrected chi connectivity index (χ4v) is 3.95. The monoisotopic (exact) mass is 510 g/mol. The summed E-state index contributed by atoms with van der Waals surface area (Å²) in [5.74, 6) is 1.53. The molecule has 0 aromatic carbocycles. The molecular weight excluding hydrogens is 467 g/mol.